The first-order valence-corrected chi connectivity index (χ1v) is 9.65. The van der Waals surface area contributed by atoms with Crippen LogP contribution in [0.5, 0.6) is 5.75 Å². The summed E-state index contributed by atoms with van der Waals surface area (Å²) in [6.07, 6.45) is -1.21. The highest BCUT2D eigenvalue weighted by molar-refractivity contribution is 6.33. The molecule has 0 radical (unpaired) electrons. The molecule has 6 nitrogen and oxygen atoms in total. The molecule has 0 saturated carbocycles. The maximum absolute atomic E-state index is 12.8. The maximum atomic E-state index is 12.8. The summed E-state index contributed by atoms with van der Waals surface area (Å²) in [6.45, 7) is 0.219. The summed E-state index contributed by atoms with van der Waals surface area (Å²) in [5, 5.41) is 0.268. The summed E-state index contributed by atoms with van der Waals surface area (Å²) < 4.78 is 44.4. The number of alkyl halides is 3. The molecule has 0 fully saturated rings. The van der Waals surface area contributed by atoms with Crippen molar-refractivity contribution in [2.24, 2.45) is 0 Å². The largest absolute Gasteiger partial charge is 0.488 e. The van der Waals surface area contributed by atoms with Gasteiger partial charge in [0.05, 0.1) is 16.1 Å². The van der Waals surface area contributed by atoms with E-state index in [1.54, 1.807) is 42.7 Å². The average molecular weight is 459 g/mol. The fourth-order valence-electron chi connectivity index (χ4n) is 2.93. The van der Waals surface area contributed by atoms with Gasteiger partial charge in [-0.25, -0.2) is 9.78 Å². The minimum Gasteiger partial charge on any atom is -0.488 e. The predicted octanol–water partition coefficient (Wildman–Crippen LogP) is 5.15. The summed E-state index contributed by atoms with van der Waals surface area (Å²) in [5.41, 5.74) is -0.103. The molecular formula is C22H14ClF3N4O2. The number of nitrogens with zero attached hydrogens (tertiary/aromatic N) is 3. The smallest absolute Gasteiger partial charge is 0.416 e. The molecule has 0 aliphatic heterocycles. The standard InChI is InChI=1S/C22H14ClF3N4O2/c23-16-2-1-3-17(32-12-13-8-10-27-11-9-13)18(16)20-28-19(29-21(31)30-20)14-4-6-15(7-5-14)22(24,25)26/h1-11H,12H2,(H,28,29,30,31). The van der Waals surface area contributed by atoms with Crippen molar-refractivity contribution in [3.8, 4) is 28.5 Å². The summed E-state index contributed by atoms with van der Waals surface area (Å²) in [7, 11) is 0. The number of hydrogen-bond acceptors (Lipinski definition) is 5. The van der Waals surface area contributed by atoms with Gasteiger partial charge in [-0.05, 0) is 42.0 Å². The van der Waals surface area contributed by atoms with Crippen LogP contribution in [0.2, 0.25) is 5.02 Å². The van der Waals surface area contributed by atoms with E-state index in [0.717, 1.165) is 17.7 Å². The highest BCUT2D eigenvalue weighted by atomic mass is 35.5. The topological polar surface area (TPSA) is 80.8 Å². The first-order valence-electron chi connectivity index (χ1n) is 9.28. The van der Waals surface area contributed by atoms with Gasteiger partial charge in [-0.15, -0.1) is 0 Å². The number of halogens is 4. The third kappa shape index (κ3) is 4.78. The van der Waals surface area contributed by atoms with Gasteiger partial charge in [0.15, 0.2) is 5.82 Å². The van der Waals surface area contributed by atoms with Crippen LogP contribution in [0.1, 0.15) is 11.1 Å². The van der Waals surface area contributed by atoms with Crippen molar-refractivity contribution < 1.29 is 17.9 Å². The lowest BCUT2D eigenvalue weighted by molar-refractivity contribution is -0.137. The molecule has 0 spiro atoms. The number of pyridine rings is 1. The fourth-order valence-corrected chi connectivity index (χ4v) is 3.19. The molecule has 4 aromatic rings. The second-order valence-electron chi connectivity index (χ2n) is 6.66. The molecule has 0 bridgehead atoms. The normalized spacial score (nSPS) is 11.4. The Morgan fingerprint density at radius 2 is 1.69 bits per heavy atom. The van der Waals surface area contributed by atoms with Crippen LogP contribution in [0.25, 0.3) is 22.8 Å². The van der Waals surface area contributed by atoms with Crippen molar-refractivity contribution in [3.05, 3.63) is 93.6 Å². The molecule has 10 heteroatoms. The molecule has 0 saturated heterocycles. The van der Waals surface area contributed by atoms with Crippen LogP contribution in [0.3, 0.4) is 0 Å². The van der Waals surface area contributed by atoms with Gasteiger partial charge in [0.1, 0.15) is 18.2 Å². The van der Waals surface area contributed by atoms with Gasteiger partial charge in [-0.3, -0.25) is 9.97 Å². The molecule has 0 aliphatic carbocycles. The summed E-state index contributed by atoms with van der Waals surface area (Å²) in [6, 6.07) is 12.7. The van der Waals surface area contributed by atoms with Gasteiger partial charge in [-0.2, -0.15) is 18.2 Å². The Labute approximate surface area is 184 Å². The molecule has 0 amide bonds. The molecule has 4 rings (SSSR count). The van der Waals surface area contributed by atoms with Gasteiger partial charge < -0.3 is 4.74 Å². The Balaban J connectivity index is 1.72. The number of aromatic amines is 1. The van der Waals surface area contributed by atoms with Crippen LogP contribution in [-0.4, -0.2) is 19.9 Å². The van der Waals surface area contributed by atoms with Crippen molar-refractivity contribution in [3.63, 3.8) is 0 Å². The molecule has 32 heavy (non-hydrogen) atoms. The van der Waals surface area contributed by atoms with Gasteiger partial charge in [0.2, 0.25) is 0 Å². The van der Waals surface area contributed by atoms with E-state index in [-0.39, 0.29) is 28.8 Å². The van der Waals surface area contributed by atoms with Crippen molar-refractivity contribution >= 4 is 11.6 Å². The summed E-state index contributed by atoms with van der Waals surface area (Å²) in [5.74, 6) is 0.398. The predicted molar refractivity (Wildman–Crippen MR) is 112 cm³/mol. The third-order valence-electron chi connectivity index (χ3n) is 4.48. The number of rotatable bonds is 5. The zero-order valence-corrected chi connectivity index (χ0v) is 17.0. The average Bonchev–Trinajstić information content (AvgIpc) is 2.77. The molecular weight excluding hydrogens is 445 g/mol. The van der Waals surface area contributed by atoms with Crippen molar-refractivity contribution in [2.45, 2.75) is 12.8 Å². The van der Waals surface area contributed by atoms with Crippen LogP contribution >= 0.6 is 11.6 Å². The van der Waals surface area contributed by atoms with Crippen LogP contribution in [0, 0.1) is 0 Å². The Morgan fingerprint density at radius 1 is 0.969 bits per heavy atom. The van der Waals surface area contributed by atoms with Crippen molar-refractivity contribution in [1.82, 2.24) is 19.9 Å². The first kappa shape index (κ1) is 21.5. The lowest BCUT2D eigenvalue weighted by Gasteiger charge is -2.13. The first-order chi connectivity index (χ1) is 15.3. The highest BCUT2D eigenvalue weighted by Gasteiger charge is 2.30. The highest BCUT2D eigenvalue weighted by Crippen LogP contribution is 2.35. The minimum atomic E-state index is -4.47. The van der Waals surface area contributed by atoms with E-state index >= 15 is 0 Å². The van der Waals surface area contributed by atoms with Crippen LogP contribution in [0.15, 0.2) is 71.8 Å². The maximum Gasteiger partial charge on any atom is 0.416 e. The molecule has 0 aliphatic rings. The van der Waals surface area contributed by atoms with Crippen LogP contribution in [-0.2, 0) is 12.8 Å². The number of benzene rings is 2. The van der Waals surface area contributed by atoms with E-state index in [1.165, 1.54) is 12.1 Å². The van der Waals surface area contributed by atoms with E-state index < -0.39 is 17.4 Å². The van der Waals surface area contributed by atoms with Crippen LogP contribution < -0.4 is 10.4 Å². The molecule has 162 valence electrons. The second kappa shape index (κ2) is 8.80. The number of nitrogens with one attached hydrogen (secondary N) is 1. The summed E-state index contributed by atoms with van der Waals surface area (Å²) in [4.78, 5) is 26.8. The van der Waals surface area contributed by atoms with Crippen molar-refractivity contribution in [2.75, 3.05) is 0 Å². The lowest BCUT2D eigenvalue weighted by atomic mass is 10.1. The molecule has 2 aromatic carbocycles. The third-order valence-corrected chi connectivity index (χ3v) is 4.79. The van der Waals surface area contributed by atoms with E-state index in [2.05, 4.69) is 19.9 Å². The molecule has 1 N–H and O–H groups in total. The molecule has 0 atom stereocenters. The molecule has 2 heterocycles. The Kier molecular flexibility index (Phi) is 5.91. The SMILES string of the molecule is O=c1nc(-c2ccc(C(F)(F)F)cc2)nc(-c2c(Cl)cccc2OCc2ccncc2)[nH]1. The van der Waals surface area contributed by atoms with Gasteiger partial charge in [-0.1, -0.05) is 29.8 Å². The quantitative estimate of drug-likeness (QED) is 0.447. The van der Waals surface area contributed by atoms with E-state index in [1.807, 2.05) is 0 Å². The van der Waals surface area contributed by atoms with E-state index in [0.29, 0.717) is 11.3 Å². The Hall–Kier alpha value is -3.72. The number of ether oxygens (including phenoxy) is 1. The van der Waals surface area contributed by atoms with Gasteiger partial charge in [0, 0.05) is 18.0 Å². The number of hydrogen-bond donors (Lipinski definition) is 1. The lowest BCUT2D eigenvalue weighted by Crippen LogP contribution is -2.15. The number of H-pyrrole nitrogens is 1. The monoisotopic (exact) mass is 458 g/mol. The zero-order valence-electron chi connectivity index (χ0n) is 16.2. The fraction of sp³-hybridized carbons (Fsp3) is 0.0909. The van der Waals surface area contributed by atoms with Gasteiger partial charge >= 0.3 is 11.9 Å². The van der Waals surface area contributed by atoms with E-state index in [4.69, 9.17) is 16.3 Å². The minimum absolute atomic E-state index is 0.0440. The Morgan fingerprint density at radius 3 is 2.38 bits per heavy atom. The zero-order chi connectivity index (χ0) is 22.7. The molecule has 2 aromatic heterocycles. The van der Waals surface area contributed by atoms with Gasteiger partial charge in [0.25, 0.3) is 0 Å². The van der Waals surface area contributed by atoms with Crippen molar-refractivity contribution in [1.29, 1.82) is 0 Å². The molecule has 0 unspecified atom stereocenters. The summed E-state index contributed by atoms with van der Waals surface area (Å²) >= 11 is 6.37. The number of aromatic nitrogens is 4. The second-order valence-corrected chi connectivity index (χ2v) is 7.07. The Bertz CT molecular complexity index is 1290. The van der Waals surface area contributed by atoms with Crippen LogP contribution in [0.4, 0.5) is 13.2 Å². The van der Waals surface area contributed by atoms with E-state index in [9.17, 15) is 18.0 Å².